The number of imide groups is 1. The Bertz CT molecular complexity index is 784. The van der Waals surface area contributed by atoms with Gasteiger partial charge in [-0.2, -0.15) is 0 Å². The molecular formula is C20H27N5O3. The second-order valence-electron chi connectivity index (χ2n) is 6.91. The molecule has 150 valence electrons. The summed E-state index contributed by atoms with van der Waals surface area (Å²) >= 11 is 0. The van der Waals surface area contributed by atoms with Gasteiger partial charge in [0.2, 0.25) is 5.91 Å². The van der Waals surface area contributed by atoms with E-state index >= 15 is 0 Å². The van der Waals surface area contributed by atoms with E-state index in [1.165, 1.54) is 0 Å². The summed E-state index contributed by atoms with van der Waals surface area (Å²) in [5.74, 6) is 0.538. The fourth-order valence-corrected chi connectivity index (χ4v) is 3.44. The summed E-state index contributed by atoms with van der Waals surface area (Å²) in [5, 5.41) is 9.00. The molecule has 0 bridgehead atoms. The molecule has 1 aliphatic rings. The van der Waals surface area contributed by atoms with Gasteiger partial charge < -0.3 is 9.84 Å². The molecule has 2 heterocycles. The van der Waals surface area contributed by atoms with Crippen molar-refractivity contribution < 1.29 is 14.1 Å². The van der Waals surface area contributed by atoms with Gasteiger partial charge >= 0.3 is 6.03 Å². The first-order valence-electron chi connectivity index (χ1n) is 9.59. The van der Waals surface area contributed by atoms with Crippen molar-refractivity contribution in [3.8, 4) is 0 Å². The number of piperazine rings is 1. The van der Waals surface area contributed by atoms with E-state index in [1.807, 2.05) is 50.2 Å². The van der Waals surface area contributed by atoms with Crippen molar-refractivity contribution in [2.45, 2.75) is 26.4 Å². The molecule has 1 fully saturated rings. The summed E-state index contributed by atoms with van der Waals surface area (Å²) in [7, 11) is 0. The van der Waals surface area contributed by atoms with E-state index in [-0.39, 0.29) is 5.91 Å². The van der Waals surface area contributed by atoms with E-state index < -0.39 is 12.1 Å². The van der Waals surface area contributed by atoms with Crippen LogP contribution < -0.4 is 10.6 Å². The Hall–Kier alpha value is -2.71. The van der Waals surface area contributed by atoms with Crippen LogP contribution in [-0.4, -0.2) is 59.6 Å². The van der Waals surface area contributed by atoms with Crippen molar-refractivity contribution >= 4 is 11.9 Å². The number of benzene rings is 1. The summed E-state index contributed by atoms with van der Waals surface area (Å²) in [6.45, 7) is 7.93. The van der Waals surface area contributed by atoms with Crippen molar-refractivity contribution in [3.63, 3.8) is 0 Å². The van der Waals surface area contributed by atoms with E-state index in [9.17, 15) is 9.59 Å². The number of carbonyl (C=O) groups excluding carboxylic acids is 2. The second kappa shape index (κ2) is 9.48. The van der Waals surface area contributed by atoms with E-state index in [0.29, 0.717) is 13.1 Å². The van der Waals surface area contributed by atoms with Crippen molar-refractivity contribution in [2.24, 2.45) is 0 Å². The number of rotatable bonds is 6. The lowest BCUT2D eigenvalue weighted by Gasteiger charge is -2.38. The zero-order valence-corrected chi connectivity index (χ0v) is 16.4. The van der Waals surface area contributed by atoms with Gasteiger partial charge in [0.1, 0.15) is 6.04 Å². The van der Waals surface area contributed by atoms with Crippen LogP contribution in [0.5, 0.6) is 0 Å². The van der Waals surface area contributed by atoms with Gasteiger partial charge in [0.25, 0.3) is 0 Å². The van der Waals surface area contributed by atoms with Crippen LogP contribution in [0.15, 0.2) is 40.9 Å². The van der Waals surface area contributed by atoms with Crippen molar-refractivity contribution in [1.29, 1.82) is 0 Å². The summed E-state index contributed by atoms with van der Waals surface area (Å²) in [6, 6.07) is 10.6. The molecule has 0 unspecified atom stereocenters. The summed E-state index contributed by atoms with van der Waals surface area (Å²) in [5.41, 5.74) is 1.75. The molecule has 0 saturated carbocycles. The van der Waals surface area contributed by atoms with E-state index in [2.05, 4.69) is 25.6 Å². The number of aromatic nitrogens is 1. The molecule has 1 aliphatic heterocycles. The fraction of sp³-hybridized carbons (Fsp3) is 0.450. The van der Waals surface area contributed by atoms with E-state index in [1.54, 1.807) is 0 Å². The van der Waals surface area contributed by atoms with Gasteiger partial charge in [0, 0.05) is 38.8 Å². The van der Waals surface area contributed by atoms with E-state index in [0.717, 1.165) is 43.2 Å². The van der Waals surface area contributed by atoms with Gasteiger partial charge in [-0.05, 0) is 19.4 Å². The number of carbonyl (C=O) groups is 2. The summed E-state index contributed by atoms with van der Waals surface area (Å²) < 4.78 is 5.30. The molecule has 1 saturated heterocycles. The first kappa shape index (κ1) is 20.0. The lowest BCUT2D eigenvalue weighted by molar-refractivity contribution is -0.126. The number of nitrogens with zero attached hydrogens (tertiary/aromatic N) is 3. The standard InChI is InChI=1S/C20H27N5O3/c1-3-21-20(27)22-19(26)18(16-7-5-4-6-8-16)25-11-9-24(10-12-25)14-17-13-15(2)23-28-17/h4-8,13,18H,3,9-12,14H2,1-2H3,(H2,21,22,26,27)/t18-/m1/s1. The lowest BCUT2D eigenvalue weighted by atomic mass is 10.0. The highest BCUT2D eigenvalue weighted by Crippen LogP contribution is 2.23. The maximum atomic E-state index is 12.9. The Morgan fingerprint density at radius 1 is 1.18 bits per heavy atom. The topological polar surface area (TPSA) is 90.7 Å². The number of hydrogen-bond donors (Lipinski definition) is 2. The van der Waals surface area contributed by atoms with Crippen LogP contribution in [0.3, 0.4) is 0 Å². The molecule has 0 spiro atoms. The second-order valence-corrected chi connectivity index (χ2v) is 6.91. The molecule has 1 aromatic carbocycles. The van der Waals surface area contributed by atoms with Crippen LogP contribution in [0.2, 0.25) is 0 Å². The number of hydrogen-bond acceptors (Lipinski definition) is 6. The summed E-state index contributed by atoms with van der Waals surface area (Å²) in [6.07, 6.45) is 0. The maximum absolute atomic E-state index is 12.9. The first-order valence-corrected chi connectivity index (χ1v) is 9.59. The third-order valence-corrected chi connectivity index (χ3v) is 4.77. The fourth-order valence-electron chi connectivity index (χ4n) is 3.44. The molecule has 0 radical (unpaired) electrons. The molecule has 3 rings (SSSR count). The van der Waals surface area contributed by atoms with Gasteiger partial charge in [-0.15, -0.1) is 0 Å². The Morgan fingerprint density at radius 2 is 1.89 bits per heavy atom. The third-order valence-electron chi connectivity index (χ3n) is 4.77. The number of aryl methyl sites for hydroxylation is 1. The highest BCUT2D eigenvalue weighted by molar-refractivity contribution is 5.97. The van der Waals surface area contributed by atoms with Crippen molar-refractivity contribution in [2.75, 3.05) is 32.7 Å². The van der Waals surface area contributed by atoms with Crippen LogP contribution in [-0.2, 0) is 11.3 Å². The predicted octanol–water partition coefficient (Wildman–Crippen LogP) is 1.69. The molecular weight excluding hydrogens is 358 g/mol. The first-order chi connectivity index (χ1) is 13.6. The third kappa shape index (κ3) is 5.17. The number of amides is 3. The van der Waals surface area contributed by atoms with Gasteiger partial charge in [-0.25, -0.2) is 4.79 Å². The lowest BCUT2D eigenvalue weighted by Crippen LogP contribution is -2.52. The molecule has 1 aromatic heterocycles. The van der Waals surface area contributed by atoms with Crippen molar-refractivity contribution in [1.82, 2.24) is 25.6 Å². The predicted molar refractivity (Wildman–Crippen MR) is 104 cm³/mol. The largest absolute Gasteiger partial charge is 0.360 e. The molecule has 2 N–H and O–H groups in total. The minimum atomic E-state index is -0.501. The number of urea groups is 1. The summed E-state index contributed by atoms with van der Waals surface area (Å²) in [4.78, 5) is 29.1. The smallest absolute Gasteiger partial charge is 0.321 e. The van der Waals surface area contributed by atoms with Crippen LogP contribution in [0, 0.1) is 6.92 Å². The van der Waals surface area contributed by atoms with Gasteiger partial charge in [-0.1, -0.05) is 35.5 Å². The molecule has 8 nitrogen and oxygen atoms in total. The van der Waals surface area contributed by atoms with E-state index in [4.69, 9.17) is 4.52 Å². The van der Waals surface area contributed by atoms with Crippen molar-refractivity contribution in [3.05, 3.63) is 53.4 Å². The SMILES string of the molecule is CCNC(=O)NC(=O)[C@@H](c1ccccc1)N1CCN(Cc2cc(C)no2)CC1. The Morgan fingerprint density at radius 3 is 2.50 bits per heavy atom. The molecule has 28 heavy (non-hydrogen) atoms. The van der Waals surface area contributed by atoms with Gasteiger partial charge in [0.05, 0.1) is 12.2 Å². The quantitative estimate of drug-likeness (QED) is 0.786. The van der Waals surface area contributed by atoms with Crippen LogP contribution in [0.25, 0.3) is 0 Å². The molecule has 0 aliphatic carbocycles. The minimum absolute atomic E-state index is 0.309. The van der Waals surface area contributed by atoms with Gasteiger partial charge in [0.15, 0.2) is 5.76 Å². The molecule has 1 atom stereocenters. The van der Waals surface area contributed by atoms with Crippen LogP contribution in [0.4, 0.5) is 4.79 Å². The Balaban J connectivity index is 1.66. The average Bonchev–Trinajstić information content (AvgIpc) is 3.09. The van der Waals surface area contributed by atoms with Crippen LogP contribution in [0.1, 0.15) is 30.0 Å². The monoisotopic (exact) mass is 385 g/mol. The maximum Gasteiger partial charge on any atom is 0.321 e. The molecule has 8 heteroatoms. The van der Waals surface area contributed by atoms with Crippen LogP contribution >= 0.6 is 0 Å². The average molecular weight is 385 g/mol. The molecule has 3 amide bonds. The number of nitrogens with one attached hydrogen (secondary N) is 2. The highest BCUT2D eigenvalue weighted by atomic mass is 16.5. The minimum Gasteiger partial charge on any atom is -0.360 e. The normalized spacial score (nSPS) is 16.5. The zero-order chi connectivity index (χ0) is 19.9. The zero-order valence-electron chi connectivity index (χ0n) is 16.4. The molecule has 2 aromatic rings. The Labute approximate surface area is 164 Å². The van der Waals surface area contributed by atoms with Gasteiger partial charge in [-0.3, -0.25) is 19.9 Å². The Kier molecular flexibility index (Phi) is 6.78. The highest BCUT2D eigenvalue weighted by Gasteiger charge is 2.31.